The fraction of sp³-hybridized carbons (Fsp3) is 0.429. The Kier molecular flexibility index (Phi) is 4.77. The minimum Gasteiger partial charge on any atom is -0.224 e. The van der Waals surface area contributed by atoms with Crippen LogP contribution >= 0.6 is 0 Å². The third-order valence-corrected chi connectivity index (χ3v) is 3.87. The summed E-state index contributed by atoms with van der Waals surface area (Å²) in [5, 5.41) is 0. The van der Waals surface area contributed by atoms with Crippen molar-refractivity contribution in [2.45, 2.75) is 37.0 Å². The summed E-state index contributed by atoms with van der Waals surface area (Å²) in [5.74, 6) is 2.92. The summed E-state index contributed by atoms with van der Waals surface area (Å²) in [5.41, 5.74) is 1.02. The monoisotopic (exact) mass is 250 g/mol. The first kappa shape index (κ1) is 13.8. The molecule has 1 atom stereocenters. The van der Waals surface area contributed by atoms with Crippen LogP contribution in [0, 0.1) is 12.3 Å². The molecule has 0 spiro atoms. The van der Waals surface area contributed by atoms with Gasteiger partial charge in [-0.25, -0.2) is 8.42 Å². The second-order valence-corrected chi connectivity index (χ2v) is 6.25. The van der Waals surface area contributed by atoms with E-state index in [-0.39, 0.29) is 5.92 Å². The van der Waals surface area contributed by atoms with Gasteiger partial charge in [0, 0.05) is 12.7 Å². The van der Waals surface area contributed by atoms with Crippen LogP contribution in [0.5, 0.6) is 0 Å². The molecule has 0 saturated carbocycles. The minimum atomic E-state index is -3.14. The summed E-state index contributed by atoms with van der Waals surface area (Å²) in [4.78, 5) is 0.369. The lowest BCUT2D eigenvalue weighted by atomic mass is 9.92. The molecule has 0 aliphatic heterocycles. The van der Waals surface area contributed by atoms with Crippen LogP contribution in [0.4, 0.5) is 0 Å². The molecule has 0 aliphatic carbocycles. The number of benzene rings is 1. The molecule has 17 heavy (non-hydrogen) atoms. The van der Waals surface area contributed by atoms with E-state index < -0.39 is 9.84 Å². The zero-order valence-corrected chi connectivity index (χ0v) is 11.1. The van der Waals surface area contributed by atoms with Crippen LogP contribution in [0.3, 0.4) is 0 Å². The van der Waals surface area contributed by atoms with Crippen molar-refractivity contribution in [3.63, 3.8) is 0 Å². The average molecular weight is 250 g/mol. The molecule has 0 N–H and O–H groups in total. The first-order valence-electron chi connectivity index (χ1n) is 5.72. The lowest BCUT2D eigenvalue weighted by molar-refractivity contribution is 0.600. The molecule has 2 nitrogen and oxygen atoms in total. The van der Waals surface area contributed by atoms with Crippen LogP contribution in [0.25, 0.3) is 0 Å². The van der Waals surface area contributed by atoms with Crippen LogP contribution in [0.1, 0.15) is 37.7 Å². The third kappa shape index (κ3) is 3.90. The summed E-state index contributed by atoms with van der Waals surface area (Å²) >= 11 is 0. The smallest absolute Gasteiger partial charge is 0.175 e. The summed E-state index contributed by atoms with van der Waals surface area (Å²) in [6, 6.07) is 7.10. The molecule has 0 bridgehead atoms. The zero-order valence-electron chi connectivity index (χ0n) is 10.3. The Bertz CT molecular complexity index is 509. The molecule has 92 valence electrons. The van der Waals surface area contributed by atoms with Crippen LogP contribution in [0.2, 0.25) is 0 Å². The van der Waals surface area contributed by atoms with Crippen LogP contribution in [-0.4, -0.2) is 14.7 Å². The van der Waals surface area contributed by atoms with Gasteiger partial charge in [-0.05, 0) is 30.0 Å². The van der Waals surface area contributed by atoms with E-state index in [2.05, 4.69) is 12.8 Å². The van der Waals surface area contributed by atoms with E-state index >= 15 is 0 Å². The van der Waals surface area contributed by atoms with Crippen molar-refractivity contribution in [3.05, 3.63) is 29.8 Å². The molecular weight excluding hydrogens is 232 g/mol. The van der Waals surface area contributed by atoms with E-state index in [0.717, 1.165) is 18.4 Å². The van der Waals surface area contributed by atoms with Gasteiger partial charge in [0.15, 0.2) is 9.84 Å². The highest BCUT2D eigenvalue weighted by Crippen LogP contribution is 2.26. The number of terminal acetylenes is 1. The number of hydrogen-bond donors (Lipinski definition) is 0. The Morgan fingerprint density at radius 3 is 2.65 bits per heavy atom. The average Bonchev–Trinajstić information content (AvgIpc) is 2.28. The van der Waals surface area contributed by atoms with Gasteiger partial charge in [0.1, 0.15) is 0 Å². The molecule has 0 aromatic heterocycles. The van der Waals surface area contributed by atoms with Gasteiger partial charge in [-0.15, -0.1) is 12.3 Å². The van der Waals surface area contributed by atoms with Gasteiger partial charge in [-0.2, -0.15) is 0 Å². The van der Waals surface area contributed by atoms with E-state index in [4.69, 9.17) is 6.42 Å². The molecule has 1 aromatic rings. The zero-order chi connectivity index (χ0) is 12.9. The number of rotatable bonds is 5. The maximum absolute atomic E-state index is 11.5. The topological polar surface area (TPSA) is 34.1 Å². The molecule has 0 heterocycles. The van der Waals surface area contributed by atoms with Crippen LogP contribution in [0.15, 0.2) is 29.2 Å². The van der Waals surface area contributed by atoms with Crippen molar-refractivity contribution in [1.29, 1.82) is 0 Å². The predicted molar refractivity (Wildman–Crippen MR) is 70.7 cm³/mol. The highest BCUT2D eigenvalue weighted by Gasteiger charge is 2.13. The molecule has 0 aliphatic rings. The second kappa shape index (κ2) is 5.88. The summed E-state index contributed by atoms with van der Waals surface area (Å²) in [6.07, 6.45) is 9.25. The van der Waals surface area contributed by atoms with Crippen LogP contribution < -0.4 is 0 Å². The quantitative estimate of drug-likeness (QED) is 0.753. The second-order valence-electron chi connectivity index (χ2n) is 4.24. The molecule has 0 saturated heterocycles. The molecule has 1 aromatic carbocycles. The third-order valence-electron chi connectivity index (χ3n) is 2.76. The van der Waals surface area contributed by atoms with E-state index in [9.17, 15) is 8.42 Å². The summed E-state index contributed by atoms with van der Waals surface area (Å²) in [6.45, 7) is 2.10. The van der Waals surface area contributed by atoms with Gasteiger partial charge in [0.05, 0.1) is 4.90 Å². The van der Waals surface area contributed by atoms with Crippen molar-refractivity contribution in [2.24, 2.45) is 0 Å². The van der Waals surface area contributed by atoms with Gasteiger partial charge in [-0.1, -0.05) is 25.5 Å². The molecular formula is C14H18O2S. The maximum atomic E-state index is 11.5. The lowest BCUT2D eigenvalue weighted by Gasteiger charge is -2.14. The molecule has 0 radical (unpaired) electrons. The Labute approximate surface area is 104 Å². The lowest BCUT2D eigenvalue weighted by Crippen LogP contribution is -2.02. The van der Waals surface area contributed by atoms with Crippen molar-refractivity contribution in [1.82, 2.24) is 0 Å². The van der Waals surface area contributed by atoms with Gasteiger partial charge in [0.25, 0.3) is 0 Å². The number of hydrogen-bond acceptors (Lipinski definition) is 2. The van der Waals surface area contributed by atoms with E-state index in [1.807, 2.05) is 6.07 Å². The first-order chi connectivity index (χ1) is 7.99. The van der Waals surface area contributed by atoms with Crippen molar-refractivity contribution < 1.29 is 8.42 Å². The van der Waals surface area contributed by atoms with Crippen molar-refractivity contribution in [3.8, 4) is 12.3 Å². The van der Waals surface area contributed by atoms with Gasteiger partial charge >= 0.3 is 0 Å². The van der Waals surface area contributed by atoms with E-state index in [1.54, 1.807) is 18.2 Å². The van der Waals surface area contributed by atoms with Crippen molar-refractivity contribution in [2.75, 3.05) is 6.26 Å². The molecule has 3 heteroatoms. The SMILES string of the molecule is C#CCC(CCC)c1cccc(S(C)(=O)=O)c1. The molecule has 0 fully saturated rings. The van der Waals surface area contributed by atoms with Gasteiger partial charge in [-0.3, -0.25) is 0 Å². The Balaban J connectivity index is 3.09. The Morgan fingerprint density at radius 1 is 1.41 bits per heavy atom. The van der Waals surface area contributed by atoms with E-state index in [0.29, 0.717) is 11.3 Å². The predicted octanol–water partition coefficient (Wildman–Crippen LogP) is 3.00. The minimum absolute atomic E-state index is 0.256. The maximum Gasteiger partial charge on any atom is 0.175 e. The normalized spacial score (nSPS) is 13.0. The first-order valence-corrected chi connectivity index (χ1v) is 7.61. The van der Waals surface area contributed by atoms with Gasteiger partial charge in [0.2, 0.25) is 0 Å². The van der Waals surface area contributed by atoms with E-state index in [1.165, 1.54) is 6.26 Å². The fourth-order valence-corrected chi connectivity index (χ4v) is 2.55. The Hall–Kier alpha value is -1.27. The standard InChI is InChI=1S/C14H18O2S/c1-4-7-12(8-5-2)13-9-6-10-14(11-13)17(3,15)16/h1,6,9-12H,5,7-8H2,2-3H3. The summed E-state index contributed by atoms with van der Waals surface area (Å²) in [7, 11) is -3.14. The highest BCUT2D eigenvalue weighted by molar-refractivity contribution is 7.90. The largest absolute Gasteiger partial charge is 0.224 e. The molecule has 0 amide bonds. The molecule has 1 unspecified atom stereocenters. The number of sulfone groups is 1. The molecule has 1 rings (SSSR count). The highest BCUT2D eigenvalue weighted by atomic mass is 32.2. The Morgan fingerprint density at radius 2 is 2.12 bits per heavy atom. The summed E-state index contributed by atoms with van der Waals surface area (Å²) < 4.78 is 23.0. The van der Waals surface area contributed by atoms with Crippen molar-refractivity contribution >= 4 is 9.84 Å². The van der Waals surface area contributed by atoms with Crippen LogP contribution in [-0.2, 0) is 9.84 Å². The fourth-order valence-electron chi connectivity index (χ4n) is 1.88. The van der Waals surface area contributed by atoms with Gasteiger partial charge < -0.3 is 0 Å².